The molecule has 1 aliphatic heterocycles. The molecule has 0 aliphatic carbocycles. The molecule has 0 aromatic heterocycles. The van der Waals surface area contributed by atoms with Crippen molar-refractivity contribution in [3.05, 3.63) is 24.3 Å². The molecule has 1 saturated heterocycles. The summed E-state index contributed by atoms with van der Waals surface area (Å²) in [6.07, 6.45) is 33.6. The van der Waals surface area contributed by atoms with Crippen molar-refractivity contribution in [1.29, 1.82) is 0 Å². The average molecular weight is 461 g/mol. The Balaban J connectivity index is 2.14. The van der Waals surface area contributed by atoms with Crippen molar-refractivity contribution < 1.29 is 14.3 Å². The van der Waals surface area contributed by atoms with Crippen LogP contribution in [0.25, 0.3) is 0 Å². The van der Waals surface area contributed by atoms with Crippen molar-refractivity contribution >= 4 is 11.9 Å². The highest BCUT2D eigenvalue weighted by Gasteiger charge is 2.40. The number of ether oxygens (including phenoxy) is 1. The summed E-state index contributed by atoms with van der Waals surface area (Å²) in [5.41, 5.74) is 0. The van der Waals surface area contributed by atoms with Gasteiger partial charge in [0.1, 0.15) is 0 Å². The maximum Gasteiger partial charge on any atom is 0.321 e. The minimum Gasteiger partial charge on any atom is -0.392 e. The Hall–Kier alpha value is -1.38. The summed E-state index contributed by atoms with van der Waals surface area (Å²) in [7, 11) is 0. The van der Waals surface area contributed by atoms with E-state index < -0.39 is 11.8 Å². The second-order valence-corrected chi connectivity index (χ2v) is 9.88. The Labute approximate surface area is 204 Å². The van der Waals surface area contributed by atoms with Gasteiger partial charge in [-0.3, -0.25) is 9.59 Å². The maximum atomic E-state index is 12.1. The Morgan fingerprint density at radius 1 is 0.515 bits per heavy atom. The molecule has 0 N–H and O–H groups in total. The molecular weight excluding hydrogens is 408 g/mol. The Kier molecular flexibility index (Phi) is 19.0. The summed E-state index contributed by atoms with van der Waals surface area (Å²) < 4.78 is 4.91. The van der Waals surface area contributed by atoms with E-state index in [0.29, 0.717) is 0 Å². The number of cyclic esters (lactones) is 2. The fourth-order valence-corrected chi connectivity index (χ4v) is 4.56. The van der Waals surface area contributed by atoms with Crippen LogP contribution in [0.2, 0.25) is 0 Å². The lowest BCUT2D eigenvalue weighted by Crippen LogP contribution is -2.13. The summed E-state index contributed by atoms with van der Waals surface area (Å²) >= 11 is 0. The molecule has 3 heteroatoms. The van der Waals surface area contributed by atoms with Crippen molar-refractivity contribution in [3.63, 3.8) is 0 Å². The fourth-order valence-electron chi connectivity index (χ4n) is 4.56. The number of carbonyl (C=O) groups is 2. The van der Waals surface area contributed by atoms with Crippen molar-refractivity contribution in [2.24, 2.45) is 11.8 Å². The van der Waals surface area contributed by atoms with E-state index in [-0.39, 0.29) is 11.9 Å². The Bertz CT molecular complexity index is 501. The van der Waals surface area contributed by atoms with Crippen LogP contribution >= 0.6 is 0 Å². The molecule has 1 fully saturated rings. The van der Waals surface area contributed by atoms with Crippen LogP contribution in [0.15, 0.2) is 24.3 Å². The van der Waals surface area contributed by atoms with Crippen LogP contribution in [0.4, 0.5) is 0 Å². The second kappa shape index (κ2) is 21.2. The summed E-state index contributed by atoms with van der Waals surface area (Å²) in [4.78, 5) is 24.2. The fraction of sp³-hybridized carbons (Fsp3) is 0.800. The highest BCUT2D eigenvalue weighted by molar-refractivity contribution is 5.98. The first-order chi connectivity index (χ1) is 16.2. The van der Waals surface area contributed by atoms with Gasteiger partial charge in [-0.1, -0.05) is 141 Å². The minimum absolute atomic E-state index is 0.388. The molecule has 1 rings (SSSR count). The molecule has 0 amide bonds. The largest absolute Gasteiger partial charge is 0.392 e. The van der Waals surface area contributed by atoms with Crippen molar-refractivity contribution in [2.45, 2.75) is 142 Å². The summed E-state index contributed by atoms with van der Waals surface area (Å²) in [5, 5.41) is 0. The normalized spacial score (nSPS) is 18.7. The van der Waals surface area contributed by atoms with Crippen LogP contribution in [-0.2, 0) is 14.3 Å². The molecule has 190 valence electrons. The van der Waals surface area contributed by atoms with E-state index in [1.54, 1.807) is 0 Å². The maximum absolute atomic E-state index is 12.1. The van der Waals surface area contributed by atoms with Gasteiger partial charge in [0.15, 0.2) is 0 Å². The first-order valence-electron chi connectivity index (χ1n) is 14.3. The summed E-state index contributed by atoms with van der Waals surface area (Å²) in [6.45, 7) is 4.51. The van der Waals surface area contributed by atoms with Gasteiger partial charge in [-0.15, -0.1) is 0 Å². The molecule has 0 saturated carbocycles. The van der Waals surface area contributed by atoms with Crippen LogP contribution in [0.1, 0.15) is 142 Å². The van der Waals surface area contributed by atoms with E-state index in [2.05, 4.69) is 26.0 Å². The lowest BCUT2D eigenvalue weighted by Gasteiger charge is -2.05. The van der Waals surface area contributed by atoms with Crippen LogP contribution in [0, 0.1) is 11.8 Å². The van der Waals surface area contributed by atoms with Crippen molar-refractivity contribution in [3.8, 4) is 0 Å². The first kappa shape index (κ1) is 29.7. The third-order valence-corrected chi connectivity index (χ3v) is 6.77. The highest BCUT2D eigenvalue weighted by Crippen LogP contribution is 2.27. The first-order valence-corrected chi connectivity index (χ1v) is 14.3. The smallest absolute Gasteiger partial charge is 0.321 e. The zero-order valence-corrected chi connectivity index (χ0v) is 21.8. The Morgan fingerprint density at radius 3 is 1.15 bits per heavy atom. The van der Waals surface area contributed by atoms with E-state index >= 15 is 0 Å². The summed E-state index contributed by atoms with van der Waals surface area (Å²) in [6, 6.07) is 0. The van der Waals surface area contributed by atoms with Crippen LogP contribution in [0.5, 0.6) is 0 Å². The van der Waals surface area contributed by atoms with Crippen molar-refractivity contribution in [1.82, 2.24) is 0 Å². The molecule has 0 aromatic rings. The van der Waals surface area contributed by atoms with Gasteiger partial charge in [0, 0.05) is 0 Å². The van der Waals surface area contributed by atoms with Gasteiger partial charge in [-0.05, 0) is 25.7 Å². The molecule has 33 heavy (non-hydrogen) atoms. The Morgan fingerprint density at radius 2 is 0.818 bits per heavy atom. The topological polar surface area (TPSA) is 43.4 Å². The third kappa shape index (κ3) is 15.2. The van der Waals surface area contributed by atoms with Gasteiger partial charge in [-0.2, -0.15) is 0 Å². The molecule has 3 nitrogen and oxygen atoms in total. The number of rotatable bonds is 22. The van der Waals surface area contributed by atoms with E-state index in [9.17, 15) is 9.59 Å². The molecule has 0 aromatic carbocycles. The molecular formula is C30H52O3. The van der Waals surface area contributed by atoms with Gasteiger partial charge in [-0.25, -0.2) is 0 Å². The van der Waals surface area contributed by atoms with Gasteiger partial charge in [0.05, 0.1) is 11.8 Å². The lowest BCUT2D eigenvalue weighted by molar-refractivity contribution is -0.153. The van der Waals surface area contributed by atoms with Gasteiger partial charge in [0.25, 0.3) is 0 Å². The number of esters is 2. The average Bonchev–Trinajstić information content (AvgIpc) is 3.08. The number of hydrogen-bond donors (Lipinski definition) is 0. The van der Waals surface area contributed by atoms with Gasteiger partial charge >= 0.3 is 11.9 Å². The highest BCUT2D eigenvalue weighted by atomic mass is 16.6. The SMILES string of the molecule is CCCCCCCCCCCC=CC1C(=O)OC(=O)C1C=CCCCCCCCCCCC. The van der Waals surface area contributed by atoms with E-state index in [4.69, 9.17) is 4.74 Å². The van der Waals surface area contributed by atoms with E-state index in [1.165, 1.54) is 103 Å². The molecule has 2 atom stereocenters. The van der Waals surface area contributed by atoms with E-state index in [0.717, 1.165) is 25.7 Å². The molecule has 0 bridgehead atoms. The monoisotopic (exact) mass is 460 g/mol. The summed E-state index contributed by atoms with van der Waals surface area (Å²) in [5.74, 6) is -1.65. The van der Waals surface area contributed by atoms with Crippen LogP contribution < -0.4 is 0 Å². The van der Waals surface area contributed by atoms with Gasteiger partial charge < -0.3 is 4.74 Å². The second-order valence-electron chi connectivity index (χ2n) is 9.88. The number of carbonyl (C=O) groups excluding carboxylic acids is 2. The molecule has 0 spiro atoms. The van der Waals surface area contributed by atoms with E-state index in [1.807, 2.05) is 12.2 Å². The molecule has 1 heterocycles. The predicted octanol–water partition coefficient (Wildman–Crippen LogP) is 9.26. The number of hydrogen-bond acceptors (Lipinski definition) is 3. The number of allylic oxidation sites excluding steroid dienone is 2. The van der Waals surface area contributed by atoms with Crippen molar-refractivity contribution in [2.75, 3.05) is 0 Å². The molecule has 1 aliphatic rings. The quantitative estimate of drug-likeness (QED) is 0.0699. The third-order valence-electron chi connectivity index (χ3n) is 6.77. The van der Waals surface area contributed by atoms with Gasteiger partial charge in [0.2, 0.25) is 0 Å². The lowest BCUT2D eigenvalue weighted by atomic mass is 9.93. The molecule has 2 unspecified atom stereocenters. The zero-order valence-electron chi connectivity index (χ0n) is 21.8. The number of unbranched alkanes of at least 4 members (excludes halogenated alkanes) is 18. The standard InChI is InChI=1S/C30H52O3/c1-3-5-7-9-11-13-15-17-19-21-23-25-27-28(30(32)33-29(27)31)26-24-22-20-18-16-14-12-10-8-6-4-2/h23-28H,3-22H2,1-2H3. The van der Waals surface area contributed by atoms with Crippen LogP contribution in [-0.4, -0.2) is 11.9 Å². The zero-order chi connectivity index (χ0) is 24.0. The minimum atomic E-state index is -0.435. The molecule has 0 radical (unpaired) electrons. The van der Waals surface area contributed by atoms with Crippen LogP contribution in [0.3, 0.4) is 0 Å². The predicted molar refractivity (Wildman–Crippen MR) is 140 cm³/mol.